The van der Waals surface area contributed by atoms with Crippen LogP contribution in [0.4, 0.5) is 0 Å². The van der Waals surface area contributed by atoms with Gasteiger partial charge in [-0.25, -0.2) is 4.79 Å². The van der Waals surface area contributed by atoms with Crippen molar-refractivity contribution in [2.45, 2.75) is 0 Å². The summed E-state index contributed by atoms with van der Waals surface area (Å²) >= 11 is 3.33. The molecule has 0 saturated heterocycles. The Bertz CT molecular complexity index is 1070. The van der Waals surface area contributed by atoms with Gasteiger partial charge < -0.3 is 14.2 Å². The SMILES string of the molecule is COc1ccc(C(=O)/C=C/c2ccc(OC(=O)c3ccc(Br)cc3)c(OC)c2)cc1. The van der Waals surface area contributed by atoms with Crippen LogP contribution < -0.4 is 14.2 Å². The summed E-state index contributed by atoms with van der Waals surface area (Å²) in [5, 5.41) is 0. The van der Waals surface area contributed by atoms with Gasteiger partial charge in [-0.15, -0.1) is 0 Å². The van der Waals surface area contributed by atoms with E-state index in [1.54, 1.807) is 79.9 Å². The highest BCUT2D eigenvalue weighted by molar-refractivity contribution is 9.10. The van der Waals surface area contributed by atoms with E-state index in [1.165, 1.54) is 13.2 Å². The minimum absolute atomic E-state index is 0.137. The van der Waals surface area contributed by atoms with Crippen molar-refractivity contribution in [3.05, 3.63) is 94.0 Å². The molecule has 0 N–H and O–H groups in total. The van der Waals surface area contributed by atoms with Crippen molar-refractivity contribution < 1.29 is 23.8 Å². The van der Waals surface area contributed by atoms with E-state index in [1.807, 2.05) is 0 Å². The van der Waals surface area contributed by atoms with Gasteiger partial charge in [-0.1, -0.05) is 28.1 Å². The summed E-state index contributed by atoms with van der Waals surface area (Å²) in [6.07, 6.45) is 3.15. The predicted octanol–water partition coefficient (Wildman–Crippen LogP) is 5.58. The number of rotatable bonds is 7. The molecule has 30 heavy (non-hydrogen) atoms. The molecule has 0 unspecified atom stereocenters. The molecule has 3 rings (SSSR count). The molecule has 0 radical (unpaired) electrons. The highest BCUT2D eigenvalue weighted by Crippen LogP contribution is 2.29. The molecule has 3 aromatic rings. The Labute approximate surface area is 183 Å². The smallest absolute Gasteiger partial charge is 0.343 e. The first kappa shape index (κ1) is 21.3. The van der Waals surface area contributed by atoms with Gasteiger partial charge in [0.15, 0.2) is 17.3 Å². The molecular weight excluding hydrogens is 448 g/mol. The monoisotopic (exact) mass is 466 g/mol. The first-order chi connectivity index (χ1) is 14.5. The van der Waals surface area contributed by atoms with Gasteiger partial charge in [-0.3, -0.25) is 4.79 Å². The first-order valence-corrected chi connectivity index (χ1v) is 9.81. The van der Waals surface area contributed by atoms with Crippen LogP contribution in [0.15, 0.2) is 77.3 Å². The average Bonchev–Trinajstić information content (AvgIpc) is 2.78. The lowest BCUT2D eigenvalue weighted by molar-refractivity contribution is 0.0729. The van der Waals surface area contributed by atoms with Crippen LogP contribution in [-0.4, -0.2) is 26.0 Å². The zero-order chi connectivity index (χ0) is 21.5. The molecule has 0 spiro atoms. The molecule has 0 aliphatic carbocycles. The number of benzene rings is 3. The summed E-state index contributed by atoms with van der Waals surface area (Å²) in [7, 11) is 3.06. The Morgan fingerprint density at radius 2 is 1.47 bits per heavy atom. The van der Waals surface area contributed by atoms with E-state index in [4.69, 9.17) is 14.2 Å². The van der Waals surface area contributed by atoms with E-state index in [9.17, 15) is 9.59 Å². The van der Waals surface area contributed by atoms with Crippen LogP contribution in [0, 0.1) is 0 Å². The highest BCUT2D eigenvalue weighted by atomic mass is 79.9. The normalized spacial score (nSPS) is 10.6. The molecule has 152 valence electrons. The zero-order valence-electron chi connectivity index (χ0n) is 16.4. The largest absolute Gasteiger partial charge is 0.497 e. The zero-order valence-corrected chi connectivity index (χ0v) is 18.0. The van der Waals surface area contributed by atoms with Gasteiger partial charge in [0.25, 0.3) is 0 Å². The van der Waals surface area contributed by atoms with Gasteiger partial charge >= 0.3 is 5.97 Å². The van der Waals surface area contributed by atoms with Crippen LogP contribution in [0.1, 0.15) is 26.3 Å². The van der Waals surface area contributed by atoms with Crippen molar-refractivity contribution in [3.63, 3.8) is 0 Å². The van der Waals surface area contributed by atoms with Crippen molar-refractivity contribution in [2.75, 3.05) is 14.2 Å². The minimum Gasteiger partial charge on any atom is -0.497 e. The predicted molar refractivity (Wildman–Crippen MR) is 118 cm³/mol. The Balaban J connectivity index is 1.72. The van der Waals surface area contributed by atoms with Crippen LogP contribution in [-0.2, 0) is 0 Å². The standard InChI is InChI=1S/C24H19BrO5/c1-28-20-11-7-17(8-12-20)21(26)13-3-16-4-14-22(23(15-16)29-2)30-24(27)18-5-9-19(25)10-6-18/h3-15H,1-2H3/b13-3+. The third-order valence-corrected chi connectivity index (χ3v) is 4.80. The number of hydrogen-bond donors (Lipinski definition) is 0. The number of halogens is 1. The molecule has 0 fully saturated rings. The topological polar surface area (TPSA) is 61.8 Å². The van der Waals surface area contributed by atoms with Crippen molar-refractivity contribution in [3.8, 4) is 17.2 Å². The number of carbonyl (C=O) groups excluding carboxylic acids is 2. The minimum atomic E-state index is -0.487. The number of allylic oxidation sites excluding steroid dienone is 1. The fourth-order valence-electron chi connectivity index (χ4n) is 2.64. The molecule has 0 aromatic heterocycles. The number of methoxy groups -OCH3 is 2. The van der Waals surface area contributed by atoms with E-state index in [0.717, 1.165) is 10.0 Å². The van der Waals surface area contributed by atoms with E-state index in [2.05, 4.69) is 15.9 Å². The third kappa shape index (κ3) is 5.36. The molecule has 6 heteroatoms. The molecule has 0 aliphatic rings. The Morgan fingerprint density at radius 3 is 2.10 bits per heavy atom. The molecule has 0 bridgehead atoms. The first-order valence-electron chi connectivity index (χ1n) is 9.02. The van der Waals surface area contributed by atoms with Crippen LogP contribution in [0.25, 0.3) is 6.08 Å². The number of hydrogen-bond acceptors (Lipinski definition) is 5. The second-order valence-electron chi connectivity index (χ2n) is 6.23. The molecule has 0 heterocycles. The number of ether oxygens (including phenoxy) is 3. The summed E-state index contributed by atoms with van der Waals surface area (Å²) < 4.78 is 16.8. The summed E-state index contributed by atoms with van der Waals surface area (Å²) in [6, 6.07) is 18.8. The molecule has 0 saturated carbocycles. The molecule has 0 atom stereocenters. The lowest BCUT2D eigenvalue weighted by Crippen LogP contribution is -2.09. The van der Waals surface area contributed by atoms with E-state index in [-0.39, 0.29) is 5.78 Å². The third-order valence-electron chi connectivity index (χ3n) is 4.27. The molecule has 0 amide bonds. The van der Waals surface area contributed by atoms with Crippen molar-refractivity contribution in [1.29, 1.82) is 0 Å². The lowest BCUT2D eigenvalue weighted by Gasteiger charge is -2.10. The van der Waals surface area contributed by atoms with Crippen LogP contribution in [0.2, 0.25) is 0 Å². The quantitative estimate of drug-likeness (QED) is 0.197. The van der Waals surface area contributed by atoms with E-state index in [0.29, 0.717) is 28.4 Å². The van der Waals surface area contributed by atoms with Crippen LogP contribution >= 0.6 is 15.9 Å². The fraction of sp³-hybridized carbons (Fsp3) is 0.0833. The Hall–Kier alpha value is -3.38. The van der Waals surface area contributed by atoms with Gasteiger partial charge in [0.1, 0.15) is 5.75 Å². The molecular formula is C24H19BrO5. The average molecular weight is 467 g/mol. The number of carbonyl (C=O) groups is 2. The van der Waals surface area contributed by atoms with Crippen molar-refractivity contribution >= 4 is 33.8 Å². The van der Waals surface area contributed by atoms with Gasteiger partial charge in [-0.2, -0.15) is 0 Å². The van der Waals surface area contributed by atoms with Crippen molar-refractivity contribution in [1.82, 2.24) is 0 Å². The molecule has 3 aromatic carbocycles. The van der Waals surface area contributed by atoms with Gasteiger partial charge in [0, 0.05) is 10.0 Å². The van der Waals surface area contributed by atoms with Gasteiger partial charge in [0.2, 0.25) is 0 Å². The summed E-state index contributed by atoms with van der Waals surface area (Å²) in [5.41, 5.74) is 1.71. The fourth-order valence-corrected chi connectivity index (χ4v) is 2.90. The van der Waals surface area contributed by atoms with Crippen LogP contribution in [0.3, 0.4) is 0 Å². The maximum atomic E-state index is 12.3. The number of esters is 1. The summed E-state index contributed by atoms with van der Waals surface area (Å²) in [4.78, 5) is 24.7. The van der Waals surface area contributed by atoms with Gasteiger partial charge in [0.05, 0.1) is 19.8 Å². The second-order valence-corrected chi connectivity index (χ2v) is 7.15. The Morgan fingerprint density at radius 1 is 0.800 bits per heavy atom. The maximum Gasteiger partial charge on any atom is 0.343 e. The van der Waals surface area contributed by atoms with Gasteiger partial charge in [-0.05, 0) is 72.3 Å². The maximum absolute atomic E-state index is 12.3. The lowest BCUT2D eigenvalue weighted by atomic mass is 10.1. The molecule has 0 aliphatic heterocycles. The molecule has 5 nitrogen and oxygen atoms in total. The highest BCUT2D eigenvalue weighted by Gasteiger charge is 2.13. The Kier molecular flexibility index (Phi) is 7.03. The van der Waals surface area contributed by atoms with E-state index >= 15 is 0 Å². The van der Waals surface area contributed by atoms with E-state index < -0.39 is 5.97 Å². The van der Waals surface area contributed by atoms with Crippen LogP contribution in [0.5, 0.6) is 17.2 Å². The summed E-state index contributed by atoms with van der Waals surface area (Å²) in [6.45, 7) is 0. The summed E-state index contributed by atoms with van der Waals surface area (Å²) in [5.74, 6) is 0.748. The van der Waals surface area contributed by atoms with Crippen molar-refractivity contribution in [2.24, 2.45) is 0 Å². The number of ketones is 1. The second kappa shape index (κ2) is 9.89.